The Kier molecular flexibility index (Phi) is 6.88. The summed E-state index contributed by atoms with van der Waals surface area (Å²) in [7, 11) is 0. The van der Waals surface area contributed by atoms with Gasteiger partial charge in [0.05, 0.1) is 5.69 Å². The summed E-state index contributed by atoms with van der Waals surface area (Å²) >= 11 is 0. The number of ether oxygens (including phenoxy) is 1. The second-order valence-corrected chi connectivity index (χ2v) is 7.74. The summed E-state index contributed by atoms with van der Waals surface area (Å²) in [5, 5.41) is 6.15. The van der Waals surface area contributed by atoms with Crippen molar-refractivity contribution < 1.29 is 9.53 Å². The summed E-state index contributed by atoms with van der Waals surface area (Å²) in [5.41, 5.74) is 5.35. The summed E-state index contributed by atoms with van der Waals surface area (Å²) in [5.74, 6) is 0.543. The average molecular weight is 453 g/mol. The Morgan fingerprint density at radius 3 is 2.71 bits per heavy atom. The molecule has 0 atom stereocenters. The Balaban J connectivity index is 1.49. The summed E-state index contributed by atoms with van der Waals surface area (Å²) in [6.07, 6.45) is 6.70. The second-order valence-electron chi connectivity index (χ2n) is 7.74. The number of hydrogen-bond acceptors (Lipinski definition) is 7. The molecular weight excluding hydrogens is 428 g/mol. The number of aromatic nitrogens is 4. The number of carbonyl (C=O) groups excluding carboxylic acids is 1. The van der Waals surface area contributed by atoms with E-state index in [1.165, 1.54) is 6.20 Å². The van der Waals surface area contributed by atoms with Gasteiger partial charge in [-0.2, -0.15) is 0 Å². The van der Waals surface area contributed by atoms with E-state index in [-0.39, 0.29) is 5.91 Å². The lowest BCUT2D eigenvalue weighted by Gasteiger charge is -2.12. The van der Waals surface area contributed by atoms with Gasteiger partial charge in [0, 0.05) is 53.4 Å². The van der Waals surface area contributed by atoms with E-state index in [2.05, 4.69) is 37.1 Å². The van der Waals surface area contributed by atoms with Gasteiger partial charge in [-0.15, -0.1) is 0 Å². The van der Waals surface area contributed by atoms with Crippen LogP contribution in [-0.4, -0.2) is 32.4 Å². The van der Waals surface area contributed by atoms with Crippen molar-refractivity contribution in [3.8, 4) is 17.1 Å². The maximum Gasteiger partial charge on any atom is 0.255 e. The number of carbonyl (C=O) groups is 1. The second kappa shape index (κ2) is 10.4. The van der Waals surface area contributed by atoms with Crippen molar-refractivity contribution in [3.63, 3.8) is 0 Å². The molecule has 3 aromatic heterocycles. The number of anilines is 3. The number of amides is 1. The van der Waals surface area contributed by atoms with Gasteiger partial charge in [-0.1, -0.05) is 12.6 Å². The molecule has 1 amide bonds. The minimum atomic E-state index is -0.271. The highest BCUT2D eigenvalue weighted by molar-refractivity contribution is 6.04. The third-order valence-electron chi connectivity index (χ3n) is 4.82. The molecule has 4 rings (SSSR count). The lowest BCUT2D eigenvalue weighted by Crippen LogP contribution is -2.13. The zero-order valence-corrected chi connectivity index (χ0v) is 18.9. The number of hydrogen-bond donors (Lipinski definition) is 2. The number of aryl methyl sites for hydroxylation is 1. The van der Waals surface area contributed by atoms with Crippen LogP contribution in [0.3, 0.4) is 0 Å². The minimum Gasteiger partial charge on any atom is -0.473 e. The molecule has 0 unspecified atom stereocenters. The lowest BCUT2D eigenvalue weighted by atomic mass is 10.1. The number of nitrogens with zero attached hydrogens (tertiary/aromatic N) is 4. The van der Waals surface area contributed by atoms with Crippen LogP contribution in [-0.2, 0) is 0 Å². The smallest absolute Gasteiger partial charge is 0.255 e. The van der Waals surface area contributed by atoms with Crippen LogP contribution in [0.2, 0.25) is 0 Å². The Hall–Kier alpha value is -4.59. The maximum atomic E-state index is 12.8. The largest absolute Gasteiger partial charge is 0.473 e. The first-order valence-corrected chi connectivity index (χ1v) is 10.6. The third kappa shape index (κ3) is 5.80. The van der Waals surface area contributed by atoms with Crippen LogP contribution in [0.15, 0.2) is 85.5 Å². The van der Waals surface area contributed by atoms with Crippen molar-refractivity contribution in [3.05, 3.63) is 96.6 Å². The number of pyridine rings is 2. The Bertz CT molecular complexity index is 1320. The molecule has 0 aliphatic rings. The van der Waals surface area contributed by atoms with Crippen molar-refractivity contribution in [2.75, 3.05) is 17.2 Å². The lowest BCUT2D eigenvalue weighted by molar-refractivity contribution is 0.102. The van der Waals surface area contributed by atoms with Gasteiger partial charge in [0.15, 0.2) is 0 Å². The molecule has 3 heterocycles. The molecule has 0 fully saturated rings. The summed E-state index contributed by atoms with van der Waals surface area (Å²) in [6, 6.07) is 14.5. The Labute approximate surface area is 197 Å². The fourth-order valence-electron chi connectivity index (χ4n) is 3.08. The standard InChI is InChI=1S/C26H24N6O2/c1-17(2)16-34-24-13-19(8-11-28-24)25(33)30-21-7-6-18(3)23(14-21)32-26-29-12-9-22(31-26)20-5-4-10-27-15-20/h4-15H,1,16H2,2-3H3,(H,30,33)(H,29,31,32). The zero-order chi connectivity index (χ0) is 23.9. The molecule has 8 nitrogen and oxygen atoms in total. The molecule has 0 spiro atoms. The SMILES string of the molecule is C=C(C)COc1cc(C(=O)Nc2ccc(C)c(Nc3nccc(-c4cccnc4)n3)c2)ccn1. The van der Waals surface area contributed by atoms with E-state index in [1.54, 1.807) is 30.7 Å². The van der Waals surface area contributed by atoms with Crippen LogP contribution >= 0.6 is 0 Å². The summed E-state index contributed by atoms with van der Waals surface area (Å²) < 4.78 is 5.53. The van der Waals surface area contributed by atoms with E-state index < -0.39 is 0 Å². The van der Waals surface area contributed by atoms with Gasteiger partial charge in [0.1, 0.15) is 6.61 Å². The fourth-order valence-corrected chi connectivity index (χ4v) is 3.08. The highest BCUT2D eigenvalue weighted by Crippen LogP contribution is 2.25. The molecular formula is C26H24N6O2. The topological polar surface area (TPSA) is 102 Å². The van der Waals surface area contributed by atoms with E-state index in [0.717, 1.165) is 28.1 Å². The van der Waals surface area contributed by atoms with Crippen molar-refractivity contribution in [2.45, 2.75) is 13.8 Å². The molecule has 170 valence electrons. The molecule has 0 saturated carbocycles. The van der Waals surface area contributed by atoms with E-state index in [9.17, 15) is 4.79 Å². The molecule has 34 heavy (non-hydrogen) atoms. The van der Waals surface area contributed by atoms with E-state index >= 15 is 0 Å². The van der Waals surface area contributed by atoms with Crippen molar-refractivity contribution in [1.82, 2.24) is 19.9 Å². The van der Waals surface area contributed by atoms with Crippen LogP contribution in [0.25, 0.3) is 11.3 Å². The van der Waals surface area contributed by atoms with Gasteiger partial charge in [0.2, 0.25) is 11.8 Å². The number of benzene rings is 1. The highest BCUT2D eigenvalue weighted by Gasteiger charge is 2.11. The minimum absolute atomic E-state index is 0.271. The molecule has 8 heteroatoms. The normalized spacial score (nSPS) is 10.4. The van der Waals surface area contributed by atoms with E-state index in [0.29, 0.717) is 29.7 Å². The van der Waals surface area contributed by atoms with Crippen LogP contribution < -0.4 is 15.4 Å². The molecule has 0 aliphatic carbocycles. The predicted molar refractivity (Wildman–Crippen MR) is 132 cm³/mol. The Morgan fingerprint density at radius 2 is 1.91 bits per heavy atom. The van der Waals surface area contributed by atoms with Gasteiger partial charge in [0.25, 0.3) is 5.91 Å². The Morgan fingerprint density at radius 1 is 1.06 bits per heavy atom. The van der Waals surface area contributed by atoms with Gasteiger partial charge >= 0.3 is 0 Å². The summed E-state index contributed by atoms with van der Waals surface area (Å²) in [4.78, 5) is 30.0. The predicted octanol–water partition coefficient (Wildman–Crippen LogP) is 5.19. The molecule has 4 aromatic rings. The van der Waals surface area contributed by atoms with Crippen molar-refractivity contribution in [1.29, 1.82) is 0 Å². The monoisotopic (exact) mass is 452 g/mol. The zero-order valence-electron chi connectivity index (χ0n) is 18.9. The van der Waals surface area contributed by atoms with Crippen LogP contribution in [0.5, 0.6) is 5.88 Å². The first-order chi connectivity index (χ1) is 16.5. The molecule has 0 aliphatic heterocycles. The van der Waals surface area contributed by atoms with Crippen molar-refractivity contribution >= 4 is 23.2 Å². The molecule has 2 N–H and O–H groups in total. The van der Waals surface area contributed by atoms with Crippen LogP contribution in [0.1, 0.15) is 22.8 Å². The maximum absolute atomic E-state index is 12.8. The van der Waals surface area contributed by atoms with E-state index in [4.69, 9.17) is 4.74 Å². The quantitative estimate of drug-likeness (QED) is 0.355. The van der Waals surface area contributed by atoms with Gasteiger partial charge in [-0.3, -0.25) is 9.78 Å². The third-order valence-corrected chi connectivity index (χ3v) is 4.82. The molecule has 0 bridgehead atoms. The van der Waals surface area contributed by atoms with Crippen LogP contribution in [0.4, 0.5) is 17.3 Å². The average Bonchev–Trinajstić information content (AvgIpc) is 2.86. The fraction of sp³-hybridized carbons (Fsp3) is 0.115. The number of rotatable bonds is 8. The van der Waals surface area contributed by atoms with Gasteiger partial charge in [-0.05, 0) is 61.4 Å². The van der Waals surface area contributed by atoms with Gasteiger partial charge < -0.3 is 15.4 Å². The van der Waals surface area contributed by atoms with Gasteiger partial charge in [-0.25, -0.2) is 15.0 Å². The highest BCUT2D eigenvalue weighted by atomic mass is 16.5. The van der Waals surface area contributed by atoms with Crippen molar-refractivity contribution in [2.24, 2.45) is 0 Å². The molecule has 0 radical (unpaired) electrons. The van der Waals surface area contributed by atoms with E-state index in [1.807, 2.05) is 50.2 Å². The number of nitrogens with one attached hydrogen (secondary N) is 2. The first kappa shape index (κ1) is 22.6. The summed E-state index contributed by atoms with van der Waals surface area (Å²) in [6.45, 7) is 7.97. The first-order valence-electron chi connectivity index (χ1n) is 10.6. The molecule has 1 aromatic carbocycles. The molecule has 0 saturated heterocycles. The van der Waals surface area contributed by atoms with Crippen LogP contribution in [0, 0.1) is 6.92 Å².